The molecule has 4 nitrogen and oxygen atoms in total. The Kier molecular flexibility index (Phi) is 4.92. The summed E-state index contributed by atoms with van der Waals surface area (Å²) in [4.78, 5) is 20.1. The number of carbonyl (C=O) groups is 2. The highest BCUT2D eigenvalue weighted by atomic mass is 79.9. The van der Waals surface area contributed by atoms with Crippen molar-refractivity contribution in [3.63, 3.8) is 0 Å². The zero-order valence-corrected chi connectivity index (χ0v) is 6.72. The van der Waals surface area contributed by atoms with Gasteiger partial charge in [0.05, 0.1) is 12.4 Å². The number of halogens is 1. The predicted octanol–water partition coefficient (Wildman–Crippen LogP) is -0.936. The molecule has 0 fully saturated rings. The van der Waals surface area contributed by atoms with E-state index in [1.165, 1.54) is 0 Å². The van der Waals surface area contributed by atoms with Crippen molar-refractivity contribution < 1.29 is 19.4 Å². The fourth-order valence-corrected chi connectivity index (χ4v) is 0.612. The van der Waals surface area contributed by atoms with Crippen LogP contribution in [-0.2, 0) is 14.3 Å². The quantitative estimate of drug-likeness (QED) is 0.443. The van der Waals surface area contributed by atoms with E-state index in [4.69, 9.17) is 0 Å². The van der Waals surface area contributed by atoms with Crippen molar-refractivity contribution in [1.82, 2.24) is 0 Å². The Morgan fingerprint density at radius 3 is 2.50 bits per heavy atom. The lowest BCUT2D eigenvalue weighted by Gasteiger charge is -2.02. The summed E-state index contributed by atoms with van der Waals surface area (Å²) >= 11 is 2.99. The van der Waals surface area contributed by atoms with Crippen LogP contribution >= 0.6 is 15.9 Å². The Hall–Kier alpha value is -0.580. The standard InChI is InChI=1S/C5H7BrO4/c6-2-1-5(9)10-3-4(7)8/h1-3H2,(H,7,8)/p-1. The molecule has 0 aliphatic heterocycles. The first-order valence-corrected chi connectivity index (χ1v) is 3.70. The molecule has 0 heterocycles. The Morgan fingerprint density at radius 2 is 2.10 bits per heavy atom. The van der Waals surface area contributed by atoms with Crippen molar-refractivity contribution in [2.75, 3.05) is 11.9 Å². The molecule has 0 aliphatic carbocycles. The van der Waals surface area contributed by atoms with E-state index in [0.717, 1.165) is 0 Å². The Balaban J connectivity index is 3.30. The molecular weight excluding hydrogens is 204 g/mol. The monoisotopic (exact) mass is 209 g/mol. The second-order valence-electron chi connectivity index (χ2n) is 1.47. The van der Waals surface area contributed by atoms with Gasteiger partial charge in [0.15, 0.2) is 0 Å². The number of aliphatic carboxylic acids is 1. The molecular formula is C5H6BrO4-. The Bertz CT molecular complexity index is 134. The van der Waals surface area contributed by atoms with E-state index in [1.807, 2.05) is 0 Å². The molecule has 0 bridgehead atoms. The summed E-state index contributed by atoms with van der Waals surface area (Å²) in [5.41, 5.74) is 0. The summed E-state index contributed by atoms with van der Waals surface area (Å²) in [7, 11) is 0. The molecule has 58 valence electrons. The maximum atomic E-state index is 10.4. The second-order valence-corrected chi connectivity index (χ2v) is 2.26. The van der Waals surface area contributed by atoms with Crippen LogP contribution in [0.4, 0.5) is 0 Å². The minimum Gasteiger partial charge on any atom is -0.546 e. The third kappa shape index (κ3) is 5.55. The summed E-state index contributed by atoms with van der Waals surface area (Å²) < 4.78 is 4.21. The number of carboxylic acids is 1. The molecule has 0 aromatic heterocycles. The first kappa shape index (κ1) is 9.42. The minimum atomic E-state index is -1.39. The highest BCUT2D eigenvalue weighted by Gasteiger charge is 1.99. The van der Waals surface area contributed by atoms with Crippen molar-refractivity contribution in [3.05, 3.63) is 0 Å². The molecule has 0 rings (SSSR count). The van der Waals surface area contributed by atoms with E-state index in [0.29, 0.717) is 5.33 Å². The van der Waals surface area contributed by atoms with Gasteiger partial charge in [-0.2, -0.15) is 0 Å². The van der Waals surface area contributed by atoms with Crippen LogP contribution in [0.2, 0.25) is 0 Å². The Labute approximate surface area is 66.3 Å². The van der Waals surface area contributed by atoms with Gasteiger partial charge in [-0.15, -0.1) is 0 Å². The molecule has 0 aromatic carbocycles. The highest BCUT2D eigenvalue weighted by molar-refractivity contribution is 9.09. The zero-order valence-electron chi connectivity index (χ0n) is 5.13. The molecule has 5 heteroatoms. The van der Waals surface area contributed by atoms with Crippen molar-refractivity contribution in [1.29, 1.82) is 0 Å². The average Bonchev–Trinajstić information content (AvgIpc) is 1.85. The van der Waals surface area contributed by atoms with Gasteiger partial charge < -0.3 is 14.6 Å². The molecule has 0 saturated heterocycles. The zero-order chi connectivity index (χ0) is 7.98. The molecule has 0 aliphatic rings. The molecule has 0 radical (unpaired) electrons. The maximum Gasteiger partial charge on any atom is 0.307 e. The largest absolute Gasteiger partial charge is 0.546 e. The van der Waals surface area contributed by atoms with Crippen LogP contribution in [0.1, 0.15) is 6.42 Å². The number of alkyl halides is 1. The van der Waals surface area contributed by atoms with Gasteiger partial charge in [0.2, 0.25) is 0 Å². The molecule has 0 atom stereocenters. The van der Waals surface area contributed by atoms with Crippen molar-refractivity contribution in [2.45, 2.75) is 6.42 Å². The Morgan fingerprint density at radius 1 is 1.50 bits per heavy atom. The van der Waals surface area contributed by atoms with Crippen LogP contribution in [0.25, 0.3) is 0 Å². The van der Waals surface area contributed by atoms with E-state index < -0.39 is 18.5 Å². The van der Waals surface area contributed by atoms with Gasteiger partial charge in [-0.1, -0.05) is 15.9 Å². The van der Waals surface area contributed by atoms with E-state index in [2.05, 4.69) is 20.7 Å². The molecule has 0 unspecified atom stereocenters. The number of ether oxygens (including phenoxy) is 1. The van der Waals surface area contributed by atoms with Gasteiger partial charge in [-0.05, 0) is 0 Å². The SMILES string of the molecule is O=C([O-])COC(=O)CCBr. The van der Waals surface area contributed by atoms with Crippen LogP contribution in [0.5, 0.6) is 0 Å². The summed E-state index contributed by atoms with van der Waals surface area (Å²) in [6, 6.07) is 0. The lowest BCUT2D eigenvalue weighted by molar-refractivity contribution is -0.308. The van der Waals surface area contributed by atoms with Gasteiger partial charge in [-0.25, -0.2) is 0 Å². The fraction of sp³-hybridized carbons (Fsp3) is 0.600. The molecule has 0 amide bonds. The predicted molar refractivity (Wildman–Crippen MR) is 34.4 cm³/mol. The van der Waals surface area contributed by atoms with Crippen molar-refractivity contribution >= 4 is 27.9 Å². The summed E-state index contributed by atoms with van der Waals surface area (Å²) in [5.74, 6) is -1.93. The first-order chi connectivity index (χ1) is 4.66. The molecule has 0 spiro atoms. The number of esters is 1. The van der Waals surface area contributed by atoms with Gasteiger partial charge in [-0.3, -0.25) is 4.79 Å². The van der Waals surface area contributed by atoms with Gasteiger partial charge in [0.1, 0.15) is 6.61 Å². The number of carbonyl (C=O) groups excluding carboxylic acids is 2. The molecule has 0 N–H and O–H groups in total. The van der Waals surface area contributed by atoms with E-state index in [-0.39, 0.29) is 6.42 Å². The van der Waals surface area contributed by atoms with Gasteiger partial charge in [0, 0.05) is 5.33 Å². The lowest BCUT2D eigenvalue weighted by atomic mass is 10.5. The van der Waals surface area contributed by atoms with Crippen LogP contribution in [0.15, 0.2) is 0 Å². The van der Waals surface area contributed by atoms with Crippen LogP contribution in [0.3, 0.4) is 0 Å². The number of hydrogen-bond acceptors (Lipinski definition) is 4. The van der Waals surface area contributed by atoms with Crippen LogP contribution < -0.4 is 5.11 Å². The minimum absolute atomic E-state index is 0.174. The van der Waals surface area contributed by atoms with Crippen LogP contribution in [0, 0.1) is 0 Å². The van der Waals surface area contributed by atoms with E-state index in [9.17, 15) is 14.7 Å². The smallest absolute Gasteiger partial charge is 0.307 e. The number of carboxylic acid groups (broad SMARTS) is 1. The third-order valence-corrected chi connectivity index (χ3v) is 1.05. The number of rotatable bonds is 4. The van der Waals surface area contributed by atoms with Crippen LogP contribution in [-0.4, -0.2) is 23.9 Å². The molecule has 0 saturated carbocycles. The second kappa shape index (κ2) is 5.22. The van der Waals surface area contributed by atoms with Gasteiger partial charge >= 0.3 is 5.97 Å². The highest BCUT2D eigenvalue weighted by Crippen LogP contribution is 1.90. The summed E-state index contributed by atoms with van der Waals surface area (Å²) in [5, 5.41) is 10.2. The topological polar surface area (TPSA) is 66.4 Å². The lowest BCUT2D eigenvalue weighted by Crippen LogP contribution is -2.28. The normalized spacial score (nSPS) is 8.90. The van der Waals surface area contributed by atoms with Crippen molar-refractivity contribution in [2.24, 2.45) is 0 Å². The van der Waals surface area contributed by atoms with E-state index in [1.54, 1.807) is 0 Å². The number of hydrogen-bond donors (Lipinski definition) is 0. The molecule has 10 heavy (non-hydrogen) atoms. The van der Waals surface area contributed by atoms with Crippen molar-refractivity contribution in [3.8, 4) is 0 Å². The summed E-state index contributed by atoms with van der Waals surface area (Å²) in [6.45, 7) is -0.661. The van der Waals surface area contributed by atoms with Gasteiger partial charge in [0.25, 0.3) is 0 Å². The maximum absolute atomic E-state index is 10.4. The van der Waals surface area contributed by atoms with E-state index >= 15 is 0 Å². The average molecular weight is 210 g/mol. The third-order valence-electron chi connectivity index (χ3n) is 0.650. The fourth-order valence-electron chi connectivity index (χ4n) is 0.289. The summed E-state index contributed by atoms with van der Waals surface area (Å²) in [6.07, 6.45) is 0.174. The first-order valence-electron chi connectivity index (χ1n) is 2.58. The molecule has 0 aromatic rings.